The molecular formula is C21H21F3N6. The van der Waals surface area contributed by atoms with Crippen LogP contribution in [0.3, 0.4) is 0 Å². The molecule has 1 saturated carbocycles. The molecule has 0 bridgehead atoms. The average molecular weight is 414 g/mol. The lowest BCUT2D eigenvalue weighted by molar-refractivity contribution is -0.137. The Morgan fingerprint density at radius 1 is 1.20 bits per heavy atom. The van der Waals surface area contributed by atoms with Crippen LogP contribution in [0.5, 0.6) is 0 Å². The lowest BCUT2D eigenvalue weighted by Gasteiger charge is -2.25. The molecule has 1 aliphatic carbocycles. The minimum absolute atomic E-state index is 0.00283. The quantitative estimate of drug-likeness (QED) is 0.507. The van der Waals surface area contributed by atoms with Gasteiger partial charge in [-0.2, -0.15) is 18.3 Å². The molecule has 3 aromatic rings. The highest BCUT2D eigenvalue weighted by molar-refractivity contribution is 6.09. The number of nitrogens with one attached hydrogen (secondary N) is 2. The van der Waals surface area contributed by atoms with E-state index in [2.05, 4.69) is 15.4 Å². The third kappa shape index (κ3) is 3.93. The Balaban J connectivity index is 1.69. The van der Waals surface area contributed by atoms with E-state index in [0.29, 0.717) is 23.1 Å². The summed E-state index contributed by atoms with van der Waals surface area (Å²) in [4.78, 5) is 4.31. The minimum Gasteiger partial charge on any atom is -0.340 e. The maximum Gasteiger partial charge on any atom is 0.416 e. The van der Waals surface area contributed by atoms with E-state index in [4.69, 9.17) is 11.1 Å². The second kappa shape index (κ2) is 7.91. The van der Waals surface area contributed by atoms with Crippen molar-refractivity contribution in [3.8, 4) is 11.1 Å². The zero-order valence-corrected chi connectivity index (χ0v) is 16.1. The molecule has 1 fully saturated rings. The highest BCUT2D eigenvalue weighted by atomic mass is 19.4. The van der Waals surface area contributed by atoms with E-state index in [1.165, 1.54) is 18.6 Å². The Morgan fingerprint density at radius 2 is 1.93 bits per heavy atom. The molecule has 1 aliphatic rings. The zero-order valence-electron chi connectivity index (χ0n) is 16.1. The number of pyridine rings is 1. The van der Waals surface area contributed by atoms with Crippen molar-refractivity contribution in [2.24, 2.45) is 5.73 Å². The maximum atomic E-state index is 12.8. The summed E-state index contributed by atoms with van der Waals surface area (Å²) >= 11 is 0. The normalized spacial score (nSPS) is 14.4. The fraction of sp³-hybridized carbons (Fsp3) is 0.286. The topological polar surface area (TPSA) is 92.6 Å². The molecule has 0 spiro atoms. The Bertz CT molecular complexity index is 1050. The number of nitrogens with zero attached hydrogens (tertiary/aromatic N) is 3. The average Bonchev–Trinajstić information content (AvgIpc) is 3.15. The zero-order chi connectivity index (χ0) is 21.3. The van der Waals surface area contributed by atoms with Crippen LogP contribution in [-0.4, -0.2) is 27.0 Å². The third-order valence-electron chi connectivity index (χ3n) is 5.29. The summed E-state index contributed by atoms with van der Waals surface area (Å²) in [6.07, 6.45) is 4.30. The standard InChI is InChI=1S/C21H21F3N6/c22-21(23,24)14-4-6-15(7-5-14)29-20-19(18(26)10-25)17(8-9-27-20)13-11-28-30(12-13)16-2-1-3-16/h4-9,11-12,16,26H,1-3,10,25H2,(H,27,29). The summed E-state index contributed by atoms with van der Waals surface area (Å²) in [6.45, 7) is -0.00283. The van der Waals surface area contributed by atoms with Crippen LogP contribution in [0, 0.1) is 5.41 Å². The van der Waals surface area contributed by atoms with Crippen LogP contribution in [-0.2, 0) is 6.18 Å². The van der Waals surface area contributed by atoms with Gasteiger partial charge in [-0.25, -0.2) is 4.98 Å². The van der Waals surface area contributed by atoms with Crippen molar-refractivity contribution in [2.75, 3.05) is 11.9 Å². The first kappa shape index (κ1) is 20.1. The van der Waals surface area contributed by atoms with Gasteiger partial charge in [0.05, 0.1) is 23.5 Å². The predicted molar refractivity (Wildman–Crippen MR) is 109 cm³/mol. The molecule has 2 heterocycles. The molecule has 9 heteroatoms. The van der Waals surface area contributed by atoms with E-state index in [-0.39, 0.29) is 12.3 Å². The second-order valence-electron chi connectivity index (χ2n) is 7.26. The third-order valence-corrected chi connectivity index (χ3v) is 5.29. The van der Waals surface area contributed by atoms with Gasteiger partial charge in [-0.1, -0.05) is 0 Å². The molecule has 0 radical (unpaired) electrons. The van der Waals surface area contributed by atoms with Crippen molar-refractivity contribution in [3.63, 3.8) is 0 Å². The van der Waals surface area contributed by atoms with Gasteiger partial charge in [0.2, 0.25) is 0 Å². The van der Waals surface area contributed by atoms with Crippen LogP contribution in [0.2, 0.25) is 0 Å². The molecule has 30 heavy (non-hydrogen) atoms. The van der Waals surface area contributed by atoms with Crippen molar-refractivity contribution in [3.05, 3.63) is 60.0 Å². The van der Waals surface area contributed by atoms with Crippen molar-refractivity contribution in [1.29, 1.82) is 5.41 Å². The monoisotopic (exact) mass is 414 g/mol. The number of anilines is 2. The Kier molecular flexibility index (Phi) is 5.29. The van der Waals surface area contributed by atoms with E-state index < -0.39 is 11.7 Å². The van der Waals surface area contributed by atoms with Gasteiger partial charge in [0, 0.05) is 35.8 Å². The van der Waals surface area contributed by atoms with Crippen LogP contribution >= 0.6 is 0 Å². The summed E-state index contributed by atoms with van der Waals surface area (Å²) < 4.78 is 40.4. The first-order valence-electron chi connectivity index (χ1n) is 9.62. The highest BCUT2D eigenvalue weighted by Crippen LogP contribution is 2.35. The number of hydrogen-bond donors (Lipinski definition) is 3. The van der Waals surface area contributed by atoms with Crippen molar-refractivity contribution >= 4 is 17.2 Å². The van der Waals surface area contributed by atoms with Crippen molar-refractivity contribution in [2.45, 2.75) is 31.5 Å². The molecular weight excluding hydrogens is 393 g/mol. The summed E-state index contributed by atoms with van der Waals surface area (Å²) in [6, 6.07) is 6.87. The molecule has 6 nitrogen and oxygen atoms in total. The van der Waals surface area contributed by atoms with E-state index in [1.54, 1.807) is 18.5 Å². The van der Waals surface area contributed by atoms with Gasteiger partial charge in [-0.15, -0.1) is 0 Å². The Hall–Kier alpha value is -3.20. The molecule has 0 aliphatic heterocycles. The molecule has 1 aromatic carbocycles. The van der Waals surface area contributed by atoms with E-state index >= 15 is 0 Å². The van der Waals surface area contributed by atoms with Crippen LogP contribution in [0.1, 0.15) is 36.4 Å². The second-order valence-corrected chi connectivity index (χ2v) is 7.26. The number of hydrogen-bond acceptors (Lipinski definition) is 5. The molecule has 0 saturated heterocycles. The summed E-state index contributed by atoms with van der Waals surface area (Å²) in [5, 5.41) is 15.8. The molecule has 4 N–H and O–H groups in total. The summed E-state index contributed by atoms with van der Waals surface area (Å²) in [5.74, 6) is 0.360. The van der Waals surface area contributed by atoms with Gasteiger partial charge in [0.25, 0.3) is 0 Å². The first-order valence-corrected chi connectivity index (χ1v) is 9.62. The fourth-order valence-corrected chi connectivity index (χ4v) is 3.41. The largest absolute Gasteiger partial charge is 0.416 e. The Labute approximate surface area is 171 Å². The van der Waals surface area contributed by atoms with Gasteiger partial charge in [-0.05, 0) is 55.2 Å². The van der Waals surface area contributed by atoms with Gasteiger partial charge in [0.1, 0.15) is 5.82 Å². The lowest BCUT2D eigenvalue weighted by Crippen LogP contribution is -2.17. The fourth-order valence-electron chi connectivity index (χ4n) is 3.41. The van der Waals surface area contributed by atoms with Gasteiger partial charge in [0.15, 0.2) is 0 Å². The minimum atomic E-state index is -4.40. The summed E-state index contributed by atoms with van der Waals surface area (Å²) in [7, 11) is 0. The molecule has 0 atom stereocenters. The number of nitrogens with two attached hydrogens (primary N) is 1. The molecule has 156 valence electrons. The molecule has 2 aromatic heterocycles. The maximum absolute atomic E-state index is 12.8. The predicted octanol–water partition coefficient (Wildman–Crippen LogP) is 4.76. The van der Waals surface area contributed by atoms with E-state index in [0.717, 1.165) is 36.1 Å². The highest BCUT2D eigenvalue weighted by Gasteiger charge is 2.30. The van der Waals surface area contributed by atoms with Crippen molar-refractivity contribution in [1.82, 2.24) is 14.8 Å². The van der Waals surface area contributed by atoms with Crippen LogP contribution in [0.4, 0.5) is 24.7 Å². The smallest absolute Gasteiger partial charge is 0.340 e. The van der Waals surface area contributed by atoms with Gasteiger partial charge in [-0.3, -0.25) is 4.68 Å². The first-order chi connectivity index (χ1) is 14.4. The van der Waals surface area contributed by atoms with E-state index in [1.807, 2.05) is 10.9 Å². The summed E-state index contributed by atoms with van der Waals surface area (Å²) in [5.41, 5.74) is 7.71. The lowest BCUT2D eigenvalue weighted by atomic mass is 9.93. The van der Waals surface area contributed by atoms with Crippen LogP contribution in [0.15, 0.2) is 48.9 Å². The van der Waals surface area contributed by atoms with Gasteiger partial charge >= 0.3 is 6.18 Å². The number of benzene rings is 1. The number of halogens is 3. The van der Waals surface area contributed by atoms with Crippen LogP contribution in [0.25, 0.3) is 11.1 Å². The van der Waals surface area contributed by atoms with E-state index in [9.17, 15) is 13.2 Å². The number of rotatable bonds is 6. The molecule has 0 unspecified atom stereocenters. The SMILES string of the molecule is N=C(CN)c1c(-c2cnn(C3CCC3)c2)ccnc1Nc1ccc(C(F)(F)F)cc1. The van der Waals surface area contributed by atoms with Gasteiger partial charge < -0.3 is 16.5 Å². The van der Waals surface area contributed by atoms with Crippen LogP contribution < -0.4 is 11.1 Å². The number of aromatic nitrogens is 3. The molecule has 4 rings (SSSR count). The van der Waals surface area contributed by atoms with Crippen molar-refractivity contribution < 1.29 is 13.2 Å². The molecule has 0 amide bonds. The number of alkyl halides is 3. The Morgan fingerprint density at radius 3 is 2.53 bits per heavy atom.